The van der Waals surface area contributed by atoms with Crippen LogP contribution >= 0.6 is 24.0 Å². The summed E-state index contributed by atoms with van der Waals surface area (Å²) in [6.45, 7) is 2.30. The summed E-state index contributed by atoms with van der Waals surface area (Å²) in [7, 11) is 1.70. The van der Waals surface area contributed by atoms with E-state index in [2.05, 4.69) is 15.6 Å². The molecule has 2 unspecified atom stereocenters. The molecule has 0 amide bonds. The zero-order valence-corrected chi connectivity index (χ0v) is 16.6. The van der Waals surface area contributed by atoms with Crippen molar-refractivity contribution in [2.24, 2.45) is 4.99 Å². The Kier molecular flexibility index (Phi) is 6.75. The molecule has 25 heavy (non-hydrogen) atoms. The van der Waals surface area contributed by atoms with Crippen LogP contribution in [-0.4, -0.2) is 19.0 Å². The second-order valence-corrected chi connectivity index (χ2v) is 6.12. The first-order valence-corrected chi connectivity index (χ1v) is 8.05. The van der Waals surface area contributed by atoms with E-state index in [0.29, 0.717) is 18.1 Å². The van der Waals surface area contributed by atoms with E-state index in [0.717, 1.165) is 17.5 Å². The van der Waals surface area contributed by atoms with Gasteiger partial charge in [0, 0.05) is 25.6 Å². The van der Waals surface area contributed by atoms with E-state index >= 15 is 0 Å². The van der Waals surface area contributed by atoms with Crippen molar-refractivity contribution in [3.05, 3.63) is 70.8 Å². The van der Waals surface area contributed by atoms with Gasteiger partial charge in [-0.15, -0.1) is 24.0 Å². The molecule has 2 atom stereocenters. The maximum Gasteiger partial charge on any atom is 0.191 e. The molecule has 1 aliphatic carbocycles. The summed E-state index contributed by atoms with van der Waals surface area (Å²) >= 11 is 0. The van der Waals surface area contributed by atoms with Gasteiger partial charge < -0.3 is 10.6 Å². The largest absolute Gasteiger partial charge is 0.353 e. The van der Waals surface area contributed by atoms with Crippen LogP contribution in [0.2, 0.25) is 0 Å². The highest BCUT2D eigenvalue weighted by Gasteiger charge is 2.40. The van der Waals surface area contributed by atoms with E-state index in [1.807, 2.05) is 18.2 Å². The second-order valence-electron chi connectivity index (χ2n) is 6.12. The summed E-state index contributed by atoms with van der Waals surface area (Å²) in [6, 6.07) is 12.1. The molecule has 2 N–H and O–H groups in total. The average molecular weight is 457 g/mol. The van der Waals surface area contributed by atoms with Gasteiger partial charge in [-0.3, -0.25) is 4.99 Å². The van der Waals surface area contributed by atoms with E-state index in [9.17, 15) is 8.78 Å². The number of hydrogen-bond acceptors (Lipinski definition) is 1. The number of nitrogens with one attached hydrogen (secondary N) is 2. The molecule has 0 bridgehead atoms. The normalized spacial score (nSPS) is 19.1. The van der Waals surface area contributed by atoms with Crippen molar-refractivity contribution in [1.29, 1.82) is 0 Å². The number of rotatable bonds is 4. The number of aryl methyl sites for hydroxylation is 1. The van der Waals surface area contributed by atoms with Crippen molar-refractivity contribution in [2.45, 2.75) is 31.8 Å². The predicted molar refractivity (Wildman–Crippen MR) is 107 cm³/mol. The Balaban J connectivity index is 0.00000225. The number of guanidine groups is 1. The molecular formula is C19H22F2IN3. The SMILES string of the molecule is CN=C(NCc1ccc(F)c(C)c1)NC1CC1c1ccccc1F.I. The number of nitrogens with zero attached hydrogens (tertiary/aromatic N) is 1. The number of halogens is 3. The highest BCUT2D eigenvalue weighted by atomic mass is 127. The molecule has 6 heteroatoms. The Hall–Kier alpha value is -1.70. The first-order chi connectivity index (χ1) is 11.6. The van der Waals surface area contributed by atoms with Gasteiger partial charge in [-0.25, -0.2) is 8.78 Å². The monoisotopic (exact) mass is 457 g/mol. The van der Waals surface area contributed by atoms with Crippen molar-refractivity contribution in [3.63, 3.8) is 0 Å². The fourth-order valence-electron chi connectivity index (χ4n) is 2.85. The Labute approximate surface area is 164 Å². The fraction of sp³-hybridized carbons (Fsp3) is 0.316. The van der Waals surface area contributed by atoms with Crippen LogP contribution in [0.25, 0.3) is 0 Å². The Morgan fingerprint density at radius 1 is 1.16 bits per heavy atom. The summed E-state index contributed by atoms with van der Waals surface area (Å²) < 4.78 is 27.1. The van der Waals surface area contributed by atoms with Gasteiger partial charge >= 0.3 is 0 Å². The highest BCUT2D eigenvalue weighted by Crippen LogP contribution is 2.41. The fourth-order valence-corrected chi connectivity index (χ4v) is 2.85. The number of aliphatic imine (C=N–C) groups is 1. The molecule has 0 spiro atoms. The molecule has 0 heterocycles. The van der Waals surface area contributed by atoms with Crippen molar-refractivity contribution < 1.29 is 8.78 Å². The number of hydrogen-bond donors (Lipinski definition) is 2. The minimum absolute atomic E-state index is 0. The molecule has 0 saturated heterocycles. The van der Waals surface area contributed by atoms with Crippen molar-refractivity contribution >= 4 is 29.9 Å². The van der Waals surface area contributed by atoms with E-state index in [1.54, 1.807) is 26.1 Å². The molecule has 0 aromatic heterocycles. The minimum Gasteiger partial charge on any atom is -0.353 e. The van der Waals surface area contributed by atoms with Gasteiger partial charge in [0.1, 0.15) is 11.6 Å². The van der Waals surface area contributed by atoms with Gasteiger partial charge in [-0.2, -0.15) is 0 Å². The van der Waals surface area contributed by atoms with Crippen molar-refractivity contribution in [2.75, 3.05) is 7.05 Å². The van der Waals surface area contributed by atoms with Crippen molar-refractivity contribution in [3.8, 4) is 0 Å². The molecular weight excluding hydrogens is 435 g/mol. The summed E-state index contributed by atoms with van der Waals surface area (Å²) in [6.07, 6.45) is 0.886. The van der Waals surface area contributed by atoms with Crippen LogP contribution in [0.1, 0.15) is 29.0 Å². The lowest BCUT2D eigenvalue weighted by atomic mass is 10.1. The van der Waals surface area contributed by atoms with Gasteiger partial charge in [-0.05, 0) is 42.2 Å². The van der Waals surface area contributed by atoms with Gasteiger partial charge in [0.05, 0.1) is 0 Å². The molecule has 3 nitrogen and oxygen atoms in total. The van der Waals surface area contributed by atoms with Gasteiger partial charge in [0.25, 0.3) is 0 Å². The van der Waals surface area contributed by atoms with Crippen LogP contribution in [0.5, 0.6) is 0 Å². The van der Waals surface area contributed by atoms with Crippen LogP contribution in [0.3, 0.4) is 0 Å². The molecule has 3 rings (SSSR count). The summed E-state index contributed by atoms with van der Waals surface area (Å²) in [5.74, 6) is 0.488. The van der Waals surface area contributed by atoms with Crippen LogP contribution < -0.4 is 10.6 Å². The molecule has 2 aromatic rings. The highest BCUT2D eigenvalue weighted by molar-refractivity contribution is 14.0. The van der Waals surface area contributed by atoms with E-state index in [1.165, 1.54) is 12.1 Å². The zero-order chi connectivity index (χ0) is 17.1. The first kappa shape index (κ1) is 19.6. The molecule has 2 aromatic carbocycles. The maximum absolute atomic E-state index is 13.8. The molecule has 0 aliphatic heterocycles. The second kappa shape index (κ2) is 8.60. The third-order valence-corrected chi connectivity index (χ3v) is 4.32. The van der Waals surface area contributed by atoms with E-state index in [-0.39, 0.29) is 47.6 Å². The molecule has 1 aliphatic rings. The lowest BCUT2D eigenvalue weighted by Crippen LogP contribution is -2.38. The van der Waals surface area contributed by atoms with Gasteiger partial charge in [0.2, 0.25) is 0 Å². The minimum atomic E-state index is -0.202. The maximum atomic E-state index is 13.8. The van der Waals surface area contributed by atoms with Crippen LogP contribution in [-0.2, 0) is 6.54 Å². The third-order valence-electron chi connectivity index (χ3n) is 4.32. The smallest absolute Gasteiger partial charge is 0.191 e. The van der Waals surface area contributed by atoms with Crippen LogP contribution in [0.15, 0.2) is 47.5 Å². The van der Waals surface area contributed by atoms with Gasteiger partial charge in [-0.1, -0.05) is 30.3 Å². The summed E-state index contributed by atoms with van der Waals surface area (Å²) in [5.41, 5.74) is 2.36. The molecule has 0 radical (unpaired) electrons. The van der Waals surface area contributed by atoms with E-state index < -0.39 is 0 Å². The third kappa shape index (κ3) is 4.90. The average Bonchev–Trinajstić information content (AvgIpc) is 3.34. The van der Waals surface area contributed by atoms with E-state index in [4.69, 9.17) is 0 Å². The zero-order valence-electron chi connectivity index (χ0n) is 14.2. The predicted octanol–water partition coefficient (Wildman–Crippen LogP) is 4.11. The molecule has 134 valence electrons. The van der Waals surface area contributed by atoms with Crippen LogP contribution in [0.4, 0.5) is 8.78 Å². The topological polar surface area (TPSA) is 36.4 Å². The Morgan fingerprint density at radius 3 is 2.60 bits per heavy atom. The molecule has 1 fully saturated rings. The van der Waals surface area contributed by atoms with Crippen LogP contribution in [0, 0.1) is 18.6 Å². The quantitative estimate of drug-likeness (QED) is 0.412. The number of benzene rings is 2. The van der Waals surface area contributed by atoms with Gasteiger partial charge in [0.15, 0.2) is 5.96 Å². The summed E-state index contributed by atoms with van der Waals surface area (Å²) in [4.78, 5) is 4.20. The standard InChI is InChI=1S/C19H21F2N3.HI/c1-12-9-13(7-8-16(12)20)11-23-19(22-2)24-18-10-15(18)14-5-3-4-6-17(14)21;/h3-9,15,18H,10-11H2,1-2H3,(H2,22,23,24);1H. The lowest BCUT2D eigenvalue weighted by molar-refractivity contribution is 0.607. The molecule has 1 saturated carbocycles. The summed E-state index contributed by atoms with van der Waals surface area (Å²) in [5, 5.41) is 6.52. The lowest BCUT2D eigenvalue weighted by Gasteiger charge is -2.12. The first-order valence-electron chi connectivity index (χ1n) is 8.05. The Bertz CT molecular complexity index is 764. The van der Waals surface area contributed by atoms with Crippen molar-refractivity contribution in [1.82, 2.24) is 10.6 Å². The Morgan fingerprint density at radius 2 is 1.92 bits per heavy atom.